The van der Waals surface area contributed by atoms with Crippen LogP contribution in [-0.2, 0) is 9.84 Å². The topological polar surface area (TPSA) is 29.1 Å². The van der Waals surface area contributed by atoms with Crippen molar-refractivity contribution in [3.05, 3.63) is 0 Å². The number of hydrogen-bond acceptors (Lipinski definition) is 1. The zero-order valence-corrected chi connectivity index (χ0v) is 3.52. The van der Waals surface area contributed by atoms with E-state index in [1.54, 1.807) is 0 Å². The number of ether oxygens (including phenoxy) is 1. The highest BCUT2D eigenvalue weighted by Crippen LogP contribution is 2.22. The average molecular weight is 87.1 g/mol. The normalized spacial score (nSPS) is 21.5. The minimum Gasteiger partial charge on any atom is -0.349 e. The van der Waals surface area contributed by atoms with E-state index in [2.05, 4.69) is 4.74 Å². The second-order valence-corrected chi connectivity index (χ2v) is 1.48. The van der Waals surface area contributed by atoms with Crippen LogP contribution in [0.1, 0.15) is 12.8 Å². The third-order valence-corrected chi connectivity index (χ3v) is 0.828. The van der Waals surface area contributed by atoms with Gasteiger partial charge in [0.25, 0.3) is 0 Å². The van der Waals surface area contributed by atoms with E-state index in [-0.39, 0.29) is 6.79 Å². The van der Waals surface area contributed by atoms with Gasteiger partial charge in [-0.05, 0) is 12.8 Å². The van der Waals surface area contributed by atoms with Crippen LogP contribution in [0.25, 0.3) is 0 Å². The average Bonchev–Trinajstić information content (AvgIpc) is 2.21. The molecule has 0 aliphatic heterocycles. The molecule has 0 N–H and O–H groups in total. The molecule has 0 unspecified atom stereocenters. The maximum atomic E-state index is 9.56. The van der Waals surface area contributed by atoms with Crippen LogP contribution in [0.2, 0.25) is 0 Å². The molecule has 0 saturated heterocycles. The molecule has 6 heavy (non-hydrogen) atoms. The van der Waals surface area contributed by atoms with Crippen molar-refractivity contribution in [1.82, 2.24) is 0 Å². The summed E-state index contributed by atoms with van der Waals surface area (Å²) in [7, 11) is 0. The monoisotopic (exact) mass is 87.0 g/mol. The Morgan fingerprint density at radius 3 is 2.50 bits per heavy atom. The molecule has 1 aliphatic rings. The van der Waals surface area contributed by atoms with E-state index in [9.17, 15) is 5.11 Å². The maximum Gasteiger partial charge on any atom is 0.181 e. The van der Waals surface area contributed by atoms with E-state index >= 15 is 0 Å². The molecule has 0 amide bonds. The van der Waals surface area contributed by atoms with Crippen LogP contribution in [0.4, 0.5) is 0 Å². The highest BCUT2D eigenvalue weighted by Gasteiger charge is 2.21. The van der Waals surface area contributed by atoms with Crippen molar-refractivity contribution in [3.63, 3.8) is 0 Å². The molecule has 0 aromatic heterocycles. The van der Waals surface area contributed by atoms with Gasteiger partial charge in [0, 0.05) is 0 Å². The molecule has 1 fully saturated rings. The van der Waals surface area contributed by atoms with Crippen LogP contribution >= 0.6 is 0 Å². The van der Waals surface area contributed by atoms with Gasteiger partial charge in [-0.3, -0.25) is 0 Å². The van der Waals surface area contributed by atoms with Crippen molar-refractivity contribution in [2.24, 2.45) is 0 Å². The van der Waals surface area contributed by atoms with E-state index in [1.165, 1.54) is 0 Å². The van der Waals surface area contributed by atoms with Crippen LogP contribution < -0.4 is 0 Å². The molecule has 0 heterocycles. The molecule has 0 spiro atoms. The summed E-state index contributed by atoms with van der Waals surface area (Å²) in [5.74, 6) is 0. The van der Waals surface area contributed by atoms with Crippen molar-refractivity contribution in [2.75, 3.05) is 6.79 Å². The van der Waals surface area contributed by atoms with Crippen LogP contribution in [0, 0.1) is 0 Å². The Kier molecular flexibility index (Phi) is 1.08. The summed E-state index contributed by atoms with van der Waals surface area (Å²) in [6.07, 6.45) is 2.53. The maximum absolute atomic E-state index is 9.56. The van der Waals surface area contributed by atoms with Gasteiger partial charge in [-0.15, -0.1) is 0 Å². The van der Waals surface area contributed by atoms with Gasteiger partial charge in [-0.25, -0.2) is 5.11 Å². The van der Waals surface area contributed by atoms with Gasteiger partial charge in [0.15, 0.2) is 6.79 Å². The lowest BCUT2D eigenvalue weighted by Gasteiger charge is -1.86. The predicted molar refractivity (Wildman–Crippen MR) is 19.7 cm³/mol. The summed E-state index contributed by atoms with van der Waals surface area (Å²) in [5, 5.41) is 9.56. The fraction of sp³-hybridized carbons (Fsp3) is 1.00. The molecule has 1 aliphatic carbocycles. The highest BCUT2D eigenvalue weighted by molar-refractivity contribution is 4.71. The molecule has 1 rings (SSSR count). The van der Waals surface area contributed by atoms with Crippen molar-refractivity contribution in [2.45, 2.75) is 18.9 Å². The lowest BCUT2D eigenvalue weighted by atomic mass is 10.8. The predicted octanol–water partition coefficient (Wildman–Crippen LogP) is 0.553. The Balaban J connectivity index is 1.88. The first kappa shape index (κ1) is 4.09. The summed E-state index contributed by atoms with van der Waals surface area (Å²) in [6, 6.07) is 0. The zero-order chi connectivity index (χ0) is 4.41. The van der Waals surface area contributed by atoms with Crippen molar-refractivity contribution < 1.29 is 9.84 Å². The van der Waals surface area contributed by atoms with Crippen LogP contribution in [0.15, 0.2) is 0 Å². The summed E-state index contributed by atoms with van der Waals surface area (Å²) >= 11 is 0. The largest absolute Gasteiger partial charge is 0.349 e. The summed E-state index contributed by atoms with van der Waals surface area (Å²) in [4.78, 5) is 0. The first-order chi connectivity index (χ1) is 2.93. The second kappa shape index (κ2) is 1.58. The molecule has 0 aromatic carbocycles. The minimum atomic E-state index is -0.356. The zero-order valence-electron chi connectivity index (χ0n) is 3.52. The molecule has 35 valence electrons. The van der Waals surface area contributed by atoms with Crippen molar-refractivity contribution >= 4 is 0 Å². The SMILES string of the molecule is [O]COC1CC1. The molecule has 2 nitrogen and oxygen atoms in total. The Morgan fingerprint density at radius 2 is 2.33 bits per heavy atom. The van der Waals surface area contributed by atoms with Crippen LogP contribution in [0.5, 0.6) is 0 Å². The third kappa shape index (κ3) is 0.954. The Morgan fingerprint density at radius 1 is 1.67 bits per heavy atom. The van der Waals surface area contributed by atoms with Crippen LogP contribution in [0.3, 0.4) is 0 Å². The Hall–Kier alpha value is -0.0800. The minimum absolute atomic E-state index is 0.336. The Labute approximate surface area is 36.7 Å². The van der Waals surface area contributed by atoms with E-state index in [1.807, 2.05) is 0 Å². The molecular weight excluding hydrogens is 80.0 g/mol. The molecular formula is C4H7O2. The first-order valence-corrected chi connectivity index (χ1v) is 2.13. The quantitative estimate of drug-likeness (QED) is 0.452. The molecule has 1 saturated carbocycles. The van der Waals surface area contributed by atoms with E-state index < -0.39 is 0 Å². The van der Waals surface area contributed by atoms with E-state index in [0.29, 0.717) is 6.10 Å². The van der Waals surface area contributed by atoms with Gasteiger partial charge < -0.3 is 4.74 Å². The van der Waals surface area contributed by atoms with Crippen LogP contribution in [-0.4, -0.2) is 12.9 Å². The Bertz CT molecular complexity index is 40.8. The van der Waals surface area contributed by atoms with E-state index in [0.717, 1.165) is 12.8 Å². The van der Waals surface area contributed by atoms with Crippen molar-refractivity contribution in [1.29, 1.82) is 0 Å². The fourth-order valence-corrected chi connectivity index (χ4v) is 0.331. The number of hydrogen-bond donors (Lipinski definition) is 0. The second-order valence-electron chi connectivity index (χ2n) is 1.48. The third-order valence-electron chi connectivity index (χ3n) is 0.828. The molecule has 0 aromatic rings. The van der Waals surface area contributed by atoms with E-state index in [4.69, 9.17) is 0 Å². The number of rotatable bonds is 2. The van der Waals surface area contributed by atoms with Gasteiger partial charge in [-0.1, -0.05) is 0 Å². The van der Waals surface area contributed by atoms with Gasteiger partial charge >= 0.3 is 0 Å². The molecule has 0 bridgehead atoms. The first-order valence-electron chi connectivity index (χ1n) is 2.13. The van der Waals surface area contributed by atoms with Gasteiger partial charge in [0.2, 0.25) is 0 Å². The fourth-order valence-electron chi connectivity index (χ4n) is 0.331. The molecule has 1 radical (unpaired) electrons. The smallest absolute Gasteiger partial charge is 0.181 e. The van der Waals surface area contributed by atoms with Gasteiger partial charge in [-0.2, -0.15) is 0 Å². The highest BCUT2D eigenvalue weighted by atomic mass is 16.6. The summed E-state index contributed by atoms with van der Waals surface area (Å²) in [5.41, 5.74) is 0. The standard InChI is InChI=1S/C4H7O2/c5-3-6-4-1-2-4/h4H,1-3H2. The van der Waals surface area contributed by atoms with Crippen molar-refractivity contribution in [3.8, 4) is 0 Å². The summed E-state index contributed by atoms with van der Waals surface area (Å²) in [6.45, 7) is -0.356. The summed E-state index contributed by atoms with van der Waals surface area (Å²) < 4.78 is 4.60. The van der Waals surface area contributed by atoms with Gasteiger partial charge in [0.05, 0.1) is 6.10 Å². The molecule has 0 atom stereocenters. The van der Waals surface area contributed by atoms with Gasteiger partial charge in [0.1, 0.15) is 0 Å². The molecule has 2 heteroatoms. The lowest BCUT2D eigenvalue weighted by Crippen LogP contribution is -1.90. The lowest BCUT2D eigenvalue weighted by molar-refractivity contribution is -0.0521.